The molecule has 27 heavy (non-hydrogen) atoms. The number of thiazole rings is 1. The Balaban J connectivity index is 0.00000364. The van der Waals surface area contributed by atoms with Crippen molar-refractivity contribution in [2.45, 2.75) is 59.7 Å². The Morgan fingerprint density at radius 1 is 1.22 bits per heavy atom. The molecule has 1 heterocycles. The van der Waals surface area contributed by atoms with Crippen LogP contribution in [0.3, 0.4) is 0 Å². The van der Waals surface area contributed by atoms with Gasteiger partial charge >= 0.3 is 0 Å². The van der Waals surface area contributed by atoms with Gasteiger partial charge in [0, 0.05) is 11.9 Å². The van der Waals surface area contributed by atoms with E-state index in [-0.39, 0.29) is 30.1 Å². The molecule has 0 amide bonds. The van der Waals surface area contributed by atoms with Crippen LogP contribution in [-0.4, -0.2) is 23.6 Å². The molecular formula is C20H31IN4OS. The third kappa shape index (κ3) is 8.47. The number of rotatable bonds is 8. The van der Waals surface area contributed by atoms with Crippen molar-refractivity contribution in [3.63, 3.8) is 0 Å². The zero-order valence-corrected chi connectivity index (χ0v) is 19.9. The van der Waals surface area contributed by atoms with Crippen molar-refractivity contribution < 1.29 is 4.74 Å². The van der Waals surface area contributed by atoms with Crippen molar-refractivity contribution in [2.24, 2.45) is 4.99 Å². The molecule has 5 nitrogen and oxygen atoms in total. The Morgan fingerprint density at radius 3 is 2.63 bits per heavy atom. The summed E-state index contributed by atoms with van der Waals surface area (Å²) in [5, 5.41) is 9.85. The van der Waals surface area contributed by atoms with Crippen molar-refractivity contribution in [1.29, 1.82) is 0 Å². The highest BCUT2D eigenvalue weighted by molar-refractivity contribution is 14.0. The van der Waals surface area contributed by atoms with Crippen molar-refractivity contribution >= 4 is 41.3 Å². The first kappa shape index (κ1) is 23.7. The number of ether oxygens (including phenoxy) is 1. The molecule has 0 unspecified atom stereocenters. The van der Waals surface area contributed by atoms with E-state index in [9.17, 15) is 0 Å². The van der Waals surface area contributed by atoms with E-state index < -0.39 is 0 Å². The third-order valence-electron chi connectivity index (χ3n) is 3.60. The maximum absolute atomic E-state index is 5.75. The number of benzene rings is 1. The van der Waals surface area contributed by atoms with Crippen molar-refractivity contribution in [1.82, 2.24) is 15.6 Å². The predicted molar refractivity (Wildman–Crippen MR) is 125 cm³/mol. The molecule has 0 aliphatic rings. The summed E-state index contributed by atoms with van der Waals surface area (Å²) >= 11 is 1.69. The third-order valence-corrected chi connectivity index (χ3v) is 4.47. The number of aromatic nitrogens is 1. The molecule has 0 aliphatic carbocycles. The van der Waals surface area contributed by atoms with Gasteiger partial charge in [0.15, 0.2) is 5.96 Å². The van der Waals surface area contributed by atoms with Crippen LogP contribution in [0.15, 0.2) is 34.6 Å². The van der Waals surface area contributed by atoms with E-state index in [4.69, 9.17) is 4.74 Å². The number of halogens is 1. The fraction of sp³-hybridized carbons (Fsp3) is 0.500. The van der Waals surface area contributed by atoms with Gasteiger partial charge < -0.3 is 15.4 Å². The van der Waals surface area contributed by atoms with Crippen LogP contribution in [0.5, 0.6) is 5.75 Å². The van der Waals surface area contributed by atoms with Crippen molar-refractivity contribution in [2.75, 3.05) is 6.54 Å². The lowest BCUT2D eigenvalue weighted by Crippen LogP contribution is -2.36. The van der Waals surface area contributed by atoms with Crippen LogP contribution < -0.4 is 15.4 Å². The largest absolute Gasteiger partial charge is 0.491 e. The molecule has 0 fully saturated rings. The summed E-state index contributed by atoms with van der Waals surface area (Å²) in [5.41, 5.74) is 2.27. The number of nitrogens with one attached hydrogen (secondary N) is 2. The molecule has 0 bridgehead atoms. The second-order valence-electron chi connectivity index (χ2n) is 6.68. The lowest BCUT2D eigenvalue weighted by atomic mass is 10.2. The predicted octanol–water partition coefficient (Wildman–Crippen LogP) is 4.93. The first-order valence-corrected chi connectivity index (χ1v) is 10.1. The number of guanidine groups is 1. The molecule has 150 valence electrons. The Kier molecular flexibility index (Phi) is 10.7. The summed E-state index contributed by atoms with van der Waals surface area (Å²) < 4.78 is 5.75. The maximum atomic E-state index is 5.75. The molecule has 0 radical (unpaired) electrons. The average molecular weight is 502 g/mol. The lowest BCUT2D eigenvalue weighted by molar-refractivity contribution is 0.242. The maximum Gasteiger partial charge on any atom is 0.191 e. The SMILES string of the molecule is CCNC(=NCc1cccc(OC(C)C)c1)NCc1nc(C(C)C)cs1.I. The highest BCUT2D eigenvalue weighted by atomic mass is 127. The van der Waals surface area contributed by atoms with E-state index in [2.05, 4.69) is 52.8 Å². The van der Waals surface area contributed by atoms with Gasteiger partial charge in [0.2, 0.25) is 0 Å². The minimum absolute atomic E-state index is 0. The molecule has 1 aromatic heterocycles. The number of nitrogens with zero attached hydrogens (tertiary/aromatic N) is 2. The summed E-state index contributed by atoms with van der Waals surface area (Å²) in [6.07, 6.45) is 0.168. The Labute approximate surface area is 184 Å². The average Bonchev–Trinajstić information content (AvgIpc) is 3.06. The standard InChI is InChI=1S/C20H30N4OS.HI/c1-6-21-20(23-12-19-24-18(13-26-19)14(2)3)22-11-16-8-7-9-17(10-16)25-15(4)5;/h7-10,13-15H,6,11-12H2,1-5H3,(H2,21,22,23);1H. The highest BCUT2D eigenvalue weighted by Crippen LogP contribution is 2.18. The molecule has 2 aromatic rings. The zero-order valence-electron chi connectivity index (χ0n) is 16.8. The summed E-state index contributed by atoms with van der Waals surface area (Å²) in [6.45, 7) is 12.5. The van der Waals surface area contributed by atoms with Crippen LogP contribution in [0.2, 0.25) is 0 Å². The molecule has 0 atom stereocenters. The molecular weight excluding hydrogens is 471 g/mol. The van der Waals surface area contributed by atoms with Gasteiger partial charge in [-0.25, -0.2) is 9.98 Å². The summed E-state index contributed by atoms with van der Waals surface area (Å²) in [4.78, 5) is 9.33. The van der Waals surface area contributed by atoms with Gasteiger partial charge in [-0.2, -0.15) is 0 Å². The smallest absolute Gasteiger partial charge is 0.191 e. The Bertz CT molecular complexity index is 716. The van der Waals surface area contributed by atoms with E-state index >= 15 is 0 Å². The van der Waals surface area contributed by atoms with Crippen molar-refractivity contribution in [3.05, 3.63) is 45.9 Å². The van der Waals surface area contributed by atoms with Crippen LogP contribution in [0.1, 0.15) is 56.8 Å². The van der Waals surface area contributed by atoms with Gasteiger partial charge in [0.1, 0.15) is 10.8 Å². The topological polar surface area (TPSA) is 58.5 Å². The summed E-state index contributed by atoms with van der Waals surface area (Å²) in [7, 11) is 0. The second kappa shape index (κ2) is 12.2. The van der Waals surface area contributed by atoms with Gasteiger partial charge in [0.05, 0.1) is 24.9 Å². The van der Waals surface area contributed by atoms with E-state index in [0.29, 0.717) is 19.0 Å². The molecule has 2 rings (SSSR count). The first-order chi connectivity index (χ1) is 12.5. The van der Waals surface area contributed by atoms with Gasteiger partial charge in [-0.3, -0.25) is 0 Å². The normalized spacial score (nSPS) is 11.4. The fourth-order valence-corrected chi connectivity index (χ4v) is 3.23. The summed E-state index contributed by atoms with van der Waals surface area (Å²) in [6, 6.07) is 8.09. The summed E-state index contributed by atoms with van der Waals surface area (Å²) in [5.74, 6) is 2.14. The minimum atomic E-state index is 0. The molecule has 1 aromatic carbocycles. The number of hydrogen-bond acceptors (Lipinski definition) is 4. The van der Waals surface area contributed by atoms with E-state index in [0.717, 1.165) is 34.5 Å². The quantitative estimate of drug-likeness (QED) is 0.306. The van der Waals surface area contributed by atoms with E-state index in [1.54, 1.807) is 11.3 Å². The lowest BCUT2D eigenvalue weighted by Gasteiger charge is -2.12. The second-order valence-corrected chi connectivity index (χ2v) is 7.63. The monoisotopic (exact) mass is 502 g/mol. The van der Waals surface area contributed by atoms with E-state index in [1.807, 2.05) is 32.0 Å². The van der Waals surface area contributed by atoms with Crippen LogP contribution in [0.4, 0.5) is 0 Å². The molecule has 0 saturated heterocycles. The minimum Gasteiger partial charge on any atom is -0.491 e. The first-order valence-electron chi connectivity index (χ1n) is 9.20. The number of hydrogen-bond donors (Lipinski definition) is 2. The van der Waals surface area contributed by atoms with E-state index in [1.165, 1.54) is 0 Å². The van der Waals surface area contributed by atoms with Gasteiger partial charge in [-0.05, 0) is 44.4 Å². The zero-order chi connectivity index (χ0) is 18.9. The highest BCUT2D eigenvalue weighted by Gasteiger charge is 2.06. The molecule has 0 saturated carbocycles. The fourth-order valence-electron chi connectivity index (χ4n) is 2.33. The molecule has 0 spiro atoms. The van der Waals surface area contributed by atoms with Gasteiger partial charge in [0.25, 0.3) is 0 Å². The number of aliphatic imine (C=N–C) groups is 1. The van der Waals surface area contributed by atoms with Gasteiger partial charge in [-0.1, -0.05) is 26.0 Å². The van der Waals surface area contributed by atoms with Crippen LogP contribution in [0, 0.1) is 0 Å². The van der Waals surface area contributed by atoms with Crippen LogP contribution >= 0.6 is 35.3 Å². The molecule has 0 aliphatic heterocycles. The Hall–Kier alpha value is -1.35. The molecule has 2 N–H and O–H groups in total. The van der Waals surface area contributed by atoms with Crippen molar-refractivity contribution in [3.8, 4) is 5.75 Å². The molecule has 7 heteroatoms. The van der Waals surface area contributed by atoms with Crippen LogP contribution in [-0.2, 0) is 13.1 Å². The van der Waals surface area contributed by atoms with Crippen LogP contribution in [0.25, 0.3) is 0 Å². The van der Waals surface area contributed by atoms with Gasteiger partial charge in [-0.15, -0.1) is 35.3 Å². The Morgan fingerprint density at radius 2 is 2.00 bits per heavy atom.